The van der Waals surface area contributed by atoms with Crippen molar-refractivity contribution >= 4 is 23.1 Å². The molecular weight excluding hydrogens is 315 g/mol. The Kier molecular flexibility index (Phi) is 3.00. The van der Waals surface area contributed by atoms with Gasteiger partial charge in [0.2, 0.25) is 0 Å². The number of nitrogens with zero attached hydrogens (tertiary/aromatic N) is 4. The highest BCUT2D eigenvalue weighted by Crippen LogP contribution is 2.31. The Labute approximate surface area is 143 Å². The van der Waals surface area contributed by atoms with Crippen LogP contribution in [-0.4, -0.2) is 19.5 Å². The number of halogens is 1. The van der Waals surface area contributed by atoms with Crippen molar-refractivity contribution in [3.05, 3.63) is 77.8 Å². The van der Waals surface area contributed by atoms with Crippen LogP contribution in [0.4, 0.5) is 4.39 Å². The lowest BCUT2D eigenvalue weighted by Crippen LogP contribution is -1.91. The summed E-state index contributed by atoms with van der Waals surface area (Å²) in [4.78, 5) is 13.2. The van der Waals surface area contributed by atoms with E-state index in [4.69, 9.17) is 0 Å². The lowest BCUT2D eigenvalue weighted by molar-refractivity contribution is 0.636. The maximum atomic E-state index is 13.8. The number of imidazole rings is 1. The van der Waals surface area contributed by atoms with Crippen LogP contribution in [0.5, 0.6) is 0 Å². The van der Waals surface area contributed by atoms with Crippen molar-refractivity contribution in [2.24, 2.45) is 0 Å². The van der Waals surface area contributed by atoms with Gasteiger partial charge in [0, 0.05) is 29.9 Å². The topological polar surface area (TPSA) is 43.6 Å². The molecule has 0 amide bonds. The van der Waals surface area contributed by atoms with Crippen molar-refractivity contribution in [3.63, 3.8) is 0 Å². The highest BCUT2D eigenvalue weighted by atomic mass is 19.1. The van der Waals surface area contributed by atoms with E-state index in [1.54, 1.807) is 24.4 Å². The fraction of sp³-hybridized carbons (Fsp3) is 0.0500. The van der Waals surface area contributed by atoms with Gasteiger partial charge in [0.25, 0.3) is 0 Å². The summed E-state index contributed by atoms with van der Waals surface area (Å²) < 4.78 is 16.0. The van der Waals surface area contributed by atoms with Crippen LogP contribution in [0, 0.1) is 5.82 Å². The molecule has 4 nitrogen and oxygen atoms in total. The Morgan fingerprint density at radius 1 is 1.00 bits per heavy atom. The Morgan fingerprint density at radius 2 is 1.92 bits per heavy atom. The number of benzene rings is 2. The third-order valence-electron chi connectivity index (χ3n) is 4.38. The third-order valence-corrected chi connectivity index (χ3v) is 4.38. The molecule has 0 spiro atoms. The number of para-hydroxylation sites is 1. The van der Waals surface area contributed by atoms with E-state index in [1.807, 2.05) is 24.4 Å². The van der Waals surface area contributed by atoms with Gasteiger partial charge >= 0.3 is 0 Å². The fourth-order valence-corrected chi connectivity index (χ4v) is 3.19. The van der Waals surface area contributed by atoms with Gasteiger partial charge < -0.3 is 4.57 Å². The van der Waals surface area contributed by atoms with Gasteiger partial charge in [0.1, 0.15) is 17.2 Å². The molecule has 5 heteroatoms. The van der Waals surface area contributed by atoms with E-state index in [2.05, 4.69) is 31.7 Å². The standard InChI is InChI=1S/C20H13FN4/c21-17-7-3-5-13-10-22-18(24-19(13)17)9-8-15-12-25-11-14-4-1-2-6-16(14)20(25)23-15/h1-10,12H,11H2/b9-8+. The quantitative estimate of drug-likeness (QED) is 0.488. The smallest absolute Gasteiger partial charge is 0.152 e. The Morgan fingerprint density at radius 3 is 2.88 bits per heavy atom. The number of aromatic nitrogens is 4. The summed E-state index contributed by atoms with van der Waals surface area (Å²) in [6, 6.07) is 13.1. The zero-order valence-corrected chi connectivity index (χ0v) is 13.2. The minimum absolute atomic E-state index is 0.332. The zero-order chi connectivity index (χ0) is 16.8. The third kappa shape index (κ3) is 2.32. The van der Waals surface area contributed by atoms with Crippen LogP contribution in [0.15, 0.2) is 54.9 Å². The maximum absolute atomic E-state index is 13.8. The summed E-state index contributed by atoms with van der Waals surface area (Å²) in [6.45, 7) is 0.837. The molecule has 0 aliphatic carbocycles. The van der Waals surface area contributed by atoms with Crippen LogP contribution in [0.1, 0.15) is 17.1 Å². The molecule has 0 fully saturated rings. The second-order valence-electron chi connectivity index (χ2n) is 6.01. The van der Waals surface area contributed by atoms with Gasteiger partial charge in [0.05, 0.1) is 5.69 Å². The highest BCUT2D eigenvalue weighted by Gasteiger charge is 2.19. The summed E-state index contributed by atoms with van der Waals surface area (Å²) in [5.74, 6) is 1.10. The number of hydrogen-bond donors (Lipinski definition) is 0. The molecule has 0 bridgehead atoms. The Balaban J connectivity index is 1.48. The van der Waals surface area contributed by atoms with Crippen molar-refractivity contribution in [1.82, 2.24) is 19.5 Å². The molecule has 1 aliphatic heterocycles. The first-order valence-corrected chi connectivity index (χ1v) is 8.03. The van der Waals surface area contributed by atoms with Gasteiger partial charge in [-0.2, -0.15) is 0 Å². The average Bonchev–Trinajstić information content (AvgIpc) is 3.18. The summed E-state index contributed by atoms with van der Waals surface area (Å²) in [6.07, 6.45) is 7.26. The molecule has 25 heavy (non-hydrogen) atoms. The van der Waals surface area contributed by atoms with E-state index in [-0.39, 0.29) is 5.82 Å². The molecule has 5 rings (SSSR count). The SMILES string of the molecule is Fc1cccc2cnc(/C=C/c3cn4c(n3)-c3ccccc3C4)nc12. The molecule has 0 saturated heterocycles. The predicted molar refractivity (Wildman–Crippen MR) is 95.2 cm³/mol. The number of hydrogen-bond acceptors (Lipinski definition) is 3. The van der Waals surface area contributed by atoms with Crippen molar-refractivity contribution in [1.29, 1.82) is 0 Å². The summed E-state index contributed by atoms with van der Waals surface area (Å²) in [5.41, 5.74) is 3.63. The number of fused-ring (bicyclic) bond motifs is 4. The minimum atomic E-state index is -0.341. The average molecular weight is 328 g/mol. The van der Waals surface area contributed by atoms with E-state index in [9.17, 15) is 4.39 Å². The monoisotopic (exact) mass is 328 g/mol. The molecule has 4 aromatic rings. The minimum Gasteiger partial charge on any atom is -0.326 e. The van der Waals surface area contributed by atoms with E-state index in [0.717, 1.165) is 18.1 Å². The molecule has 120 valence electrons. The van der Waals surface area contributed by atoms with Crippen LogP contribution in [-0.2, 0) is 6.54 Å². The lowest BCUT2D eigenvalue weighted by Gasteiger charge is -1.99. The van der Waals surface area contributed by atoms with Crippen LogP contribution >= 0.6 is 0 Å². The van der Waals surface area contributed by atoms with E-state index in [0.29, 0.717) is 16.7 Å². The molecule has 2 aromatic carbocycles. The molecule has 3 heterocycles. The van der Waals surface area contributed by atoms with Crippen LogP contribution in [0.25, 0.3) is 34.4 Å². The molecule has 0 radical (unpaired) electrons. The van der Waals surface area contributed by atoms with E-state index < -0.39 is 0 Å². The molecule has 0 atom stereocenters. The fourth-order valence-electron chi connectivity index (χ4n) is 3.19. The molecular formula is C20H13FN4. The zero-order valence-electron chi connectivity index (χ0n) is 13.2. The highest BCUT2D eigenvalue weighted by molar-refractivity contribution is 5.79. The van der Waals surface area contributed by atoms with Gasteiger partial charge in [-0.05, 0) is 23.8 Å². The lowest BCUT2D eigenvalue weighted by atomic mass is 10.1. The second kappa shape index (κ2) is 5.34. The van der Waals surface area contributed by atoms with Gasteiger partial charge in [-0.25, -0.2) is 19.3 Å². The summed E-state index contributed by atoms with van der Waals surface area (Å²) in [7, 11) is 0. The molecule has 1 aliphatic rings. The van der Waals surface area contributed by atoms with Gasteiger partial charge in [-0.3, -0.25) is 0 Å². The molecule has 2 aromatic heterocycles. The van der Waals surface area contributed by atoms with Crippen molar-refractivity contribution in [2.75, 3.05) is 0 Å². The van der Waals surface area contributed by atoms with E-state index >= 15 is 0 Å². The second-order valence-corrected chi connectivity index (χ2v) is 6.01. The van der Waals surface area contributed by atoms with Crippen molar-refractivity contribution in [2.45, 2.75) is 6.54 Å². The van der Waals surface area contributed by atoms with E-state index in [1.165, 1.54) is 17.2 Å². The van der Waals surface area contributed by atoms with Gasteiger partial charge in [-0.15, -0.1) is 0 Å². The van der Waals surface area contributed by atoms with Crippen molar-refractivity contribution in [3.8, 4) is 11.4 Å². The normalized spacial score (nSPS) is 12.7. The predicted octanol–water partition coefficient (Wildman–Crippen LogP) is 4.16. The first-order chi connectivity index (χ1) is 12.3. The first kappa shape index (κ1) is 14.0. The summed E-state index contributed by atoms with van der Waals surface area (Å²) >= 11 is 0. The largest absolute Gasteiger partial charge is 0.326 e. The Hall–Kier alpha value is -3.34. The van der Waals surface area contributed by atoms with Crippen LogP contribution < -0.4 is 0 Å². The van der Waals surface area contributed by atoms with Crippen LogP contribution in [0.2, 0.25) is 0 Å². The van der Waals surface area contributed by atoms with Gasteiger partial charge in [-0.1, -0.05) is 36.4 Å². The molecule has 0 unspecified atom stereocenters. The Bertz CT molecular complexity index is 1140. The van der Waals surface area contributed by atoms with Crippen molar-refractivity contribution < 1.29 is 4.39 Å². The van der Waals surface area contributed by atoms with Crippen LogP contribution in [0.3, 0.4) is 0 Å². The number of rotatable bonds is 2. The summed E-state index contributed by atoms with van der Waals surface area (Å²) in [5, 5.41) is 0.690. The van der Waals surface area contributed by atoms with Gasteiger partial charge in [0.15, 0.2) is 5.82 Å². The molecule has 0 N–H and O–H groups in total. The first-order valence-electron chi connectivity index (χ1n) is 8.03. The molecule has 0 saturated carbocycles. The maximum Gasteiger partial charge on any atom is 0.152 e.